The van der Waals surface area contributed by atoms with Gasteiger partial charge in [0.15, 0.2) is 0 Å². The van der Waals surface area contributed by atoms with Gasteiger partial charge in [-0.3, -0.25) is 4.90 Å². The quantitative estimate of drug-likeness (QED) is 0.830. The van der Waals surface area contributed by atoms with E-state index in [1.165, 1.54) is 12.6 Å². The summed E-state index contributed by atoms with van der Waals surface area (Å²) in [4.78, 5) is 6.64. The molecule has 2 aromatic rings. The first-order valence-electron chi connectivity index (χ1n) is 8.96. The van der Waals surface area contributed by atoms with Crippen LogP contribution in [-0.2, 0) is 16.6 Å². The van der Waals surface area contributed by atoms with Crippen molar-refractivity contribution in [2.45, 2.75) is 44.4 Å². The first kappa shape index (κ1) is 19.0. The van der Waals surface area contributed by atoms with Crippen molar-refractivity contribution in [3.8, 4) is 11.4 Å². The number of piperidine rings is 1. The number of hydrogen-bond donors (Lipinski definition) is 1. The molecule has 142 valence electrons. The summed E-state index contributed by atoms with van der Waals surface area (Å²) >= 11 is 0. The molecule has 1 aliphatic rings. The number of nitrogens with one attached hydrogen (secondary N) is 1. The van der Waals surface area contributed by atoms with Crippen molar-refractivity contribution < 1.29 is 12.9 Å². The van der Waals surface area contributed by atoms with Crippen LogP contribution < -0.4 is 4.72 Å². The van der Waals surface area contributed by atoms with Crippen LogP contribution in [0.15, 0.2) is 28.8 Å². The van der Waals surface area contributed by atoms with Gasteiger partial charge in [0, 0.05) is 5.56 Å². The highest BCUT2D eigenvalue weighted by atomic mass is 32.2. The average molecular weight is 378 g/mol. The normalized spacial score (nSPS) is 17.1. The molecule has 0 bridgehead atoms. The molecule has 7 nitrogen and oxygen atoms in total. The Balaban J connectivity index is 1.59. The third-order valence-corrected chi connectivity index (χ3v) is 6.84. The van der Waals surface area contributed by atoms with Crippen LogP contribution >= 0.6 is 0 Å². The zero-order valence-electron chi connectivity index (χ0n) is 15.5. The second kappa shape index (κ2) is 7.85. The maximum atomic E-state index is 11.9. The average Bonchev–Trinajstić information content (AvgIpc) is 3.11. The molecule has 1 aromatic heterocycles. The molecule has 0 amide bonds. The van der Waals surface area contributed by atoms with E-state index in [-0.39, 0.29) is 5.25 Å². The minimum atomic E-state index is -3.19. The predicted molar refractivity (Wildman–Crippen MR) is 100 cm³/mol. The topological polar surface area (TPSA) is 88.3 Å². The lowest BCUT2D eigenvalue weighted by Crippen LogP contribution is -2.42. The fourth-order valence-corrected chi connectivity index (χ4v) is 4.35. The molecular weight excluding hydrogens is 352 g/mol. The smallest absolute Gasteiger partial charge is 0.241 e. The van der Waals surface area contributed by atoms with E-state index in [1.54, 1.807) is 0 Å². The first-order valence-corrected chi connectivity index (χ1v) is 10.5. The fraction of sp³-hybridized carbons (Fsp3) is 0.556. The monoisotopic (exact) mass is 378 g/mol. The lowest BCUT2D eigenvalue weighted by molar-refractivity contribution is 0.194. The Bertz CT molecular complexity index is 822. The van der Waals surface area contributed by atoms with Crippen LogP contribution in [-0.4, -0.2) is 48.8 Å². The van der Waals surface area contributed by atoms with Crippen molar-refractivity contribution in [1.29, 1.82) is 0 Å². The summed E-state index contributed by atoms with van der Waals surface area (Å²) in [5.74, 6) is 1.63. The van der Waals surface area contributed by atoms with Gasteiger partial charge in [0.1, 0.15) is 0 Å². The van der Waals surface area contributed by atoms with Gasteiger partial charge in [-0.2, -0.15) is 4.98 Å². The maximum absolute atomic E-state index is 11.9. The van der Waals surface area contributed by atoms with E-state index in [1.807, 2.05) is 12.1 Å². The first-order chi connectivity index (χ1) is 12.4. The highest BCUT2D eigenvalue weighted by Crippen LogP contribution is 2.22. The zero-order valence-corrected chi connectivity index (χ0v) is 16.3. The number of likely N-dealkylation sites (tertiary alicyclic amines) is 1. The van der Waals surface area contributed by atoms with Gasteiger partial charge in [-0.25, -0.2) is 13.1 Å². The SMILES string of the molecule is CNS(=O)(=O)C1CCN(Cc2nc(-c3ccc(C(C)C)cc3)no2)CC1. The molecule has 0 spiro atoms. The van der Waals surface area contributed by atoms with Gasteiger partial charge in [-0.1, -0.05) is 43.3 Å². The van der Waals surface area contributed by atoms with Gasteiger partial charge in [-0.05, 0) is 44.5 Å². The molecule has 0 atom stereocenters. The van der Waals surface area contributed by atoms with E-state index in [2.05, 4.69) is 45.7 Å². The Hall–Kier alpha value is -1.77. The Morgan fingerprint density at radius 3 is 2.46 bits per heavy atom. The number of rotatable bonds is 6. The highest BCUT2D eigenvalue weighted by Gasteiger charge is 2.29. The van der Waals surface area contributed by atoms with Crippen LogP contribution in [0.4, 0.5) is 0 Å². The second-order valence-corrected chi connectivity index (χ2v) is 9.18. The summed E-state index contributed by atoms with van der Waals surface area (Å²) in [7, 11) is -1.72. The number of aromatic nitrogens is 2. The van der Waals surface area contributed by atoms with Gasteiger partial charge in [0.25, 0.3) is 0 Å². The molecule has 8 heteroatoms. The van der Waals surface area contributed by atoms with Crippen LogP contribution in [0.1, 0.15) is 44.1 Å². The molecule has 2 heterocycles. The molecule has 1 fully saturated rings. The van der Waals surface area contributed by atoms with Crippen molar-refractivity contribution >= 4 is 10.0 Å². The molecule has 1 N–H and O–H groups in total. The van der Waals surface area contributed by atoms with Crippen molar-refractivity contribution in [1.82, 2.24) is 19.8 Å². The zero-order chi connectivity index (χ0) is 18.7. The minimum absolute atomic E-state index is 0.318. The van der Waals surface area contributed by atoms with E-state index in [0.717, 1.165) is 5.56 Å². The second-order valence-electron chi connectivity index (χ2n) is 7.01. The summed E-state index contributed by atoms with van der Waals surface area (Å²) in [5.41, 5.74) is 2.21. The molecule has 1 aliphatic heterocycles. The summed E-state index contributed by atoms with van der Waals surface area (Å²) in [6, 6.07) is 8.20. The highest BCUT2D eigenvalue weighted by molar-refractivity contribution is 7.90. The van der Waals surface area contributed by atoms with Gasteiger partial charge in [0.2, 0.25) is 21.7 Å². The molecule has 0 aliphatic carbocycles. The fourth-order valence-electron chi connectivity index (χ4n) is 3.19. The Morgan fingerprint density at radius 2 is 1.88 bits per heavy atom. The van der Waals surface area contributed by atoms with Crippen LogP contribution in [0, 0.1) is 0 Å². The molecule has 0 unspecified atom stereocenters. The maximum Gasteiger partial charge on any atom is 0.241 e. The van der Waals surface area contributed by atoms with E-state index in [0.29, 0.717) is 50.1 Å². The van der Waals surface area contributed by atoms with Crippen LogP contribution in [0.5, 0.6) is 0 Å². The van der Waals surface area contributed by atoms with E-state index < -0.39 is 10.0 Å². The van der Waals surface area contributed by atoms with Gasteiger partial charge < -0.3 is 4.52 Å². The number of benzene rings is 1. The molecule has 3 rings (SSSR count). The number of sulfonamides is 1. The summed E-state index contributed by atoms with van der Waals surface area (Å²) in [6.45, 7) is 6.26. The van der Waals surface area contributed by atoms with Gasteiger partial charge in [0.05, 0.1) is 11.8 Å². The lowest BCUT2D eigenvalue weighted by atomic mass is 10.0. The molecule has 26 heavy (non-hydrogen) atoms. The van der Waals surface area contributed by atoms with E-state index >= 15 is 0 Å². The van der Waals surface area contributed by atoms with Gasteiger partial charge >= 0.3 is 0 Å². The standard InChI is InChI=1S/C18H26N4O3S/c1-13(2)14-4-6-15(7-5-14)18-20-17(25-21-18)12-22-10-8-16(9-11-22)26(23,24)19-3/h4-7,13,16,19H,8-12H2,1-3H3. The third-order valence-electron chi connectivity index (χ3n) is 4.92. The van der Waals surface area contributed by atoms with Crippen LogP contribution in [0.3, 0.4) is 0 Å². The van der Waals surface area contributed by atoms with Crippen LogP contribution in [0.25, 0.3) is 11.4 Å². The van der Waals surface area contributed by atoms with E-state index in [4.69, 9.17) is 4.52 Å². The Morgan fingerprint density at radius 1 is 1.23 bits per heavy atom. The van der Waals surface area contributed by atoms with Crippen molar-refractivity contribution in [2.75, 3.05) is 20.1 Å². The van der Waals surface area contributed by atoms with Crippen LogP contribution in [0.2, 0.25) is 0 Å². The summed E-state index contributed by atoms with van der Waals surface area (Å²) in [5, 5.41) is 3.76. The predicted octanol–water partition coefficient (Wildman–Crippen LogP) is 2.37. The molecular formula is C18H26N4O3S. The molecule has 1 saturated heterocycles. The molecule has 1 aromatic carbocycles. The van der Waals surface area contributed by atoms with Crippen molar-refractivity contribution in [3.05, 3.63) is 35.7 Å². The lowest BCUT2D eigenvalue weighted by Gasteiger charge is -2.30. The summed E-state index contributed by atoms with van der Waals surface area (Å²) in [6.07, 6.45) is 1.22. The number of nitrogens with zero attached hydrogens (tertiary/aromatic N) is 3. The largest absolute Gasteiger partial charge is 0.338 e. The molecule has 0 saturated carbocycles. The summed E-state index contributed by atoms with van der Waals surface area (Å²) < 4.78 is 31.6. The van der Waals surface area contributed by atoms with Crippen molar-refractivity contribution in [2.24, 2.45) is 0 Å². The van der Waals surface area contributed by atoms with Gasteiger partial charge in [-0.15, -0.1) is 0 Å². The third kappa shape index (κ3) is 4.31. The molecule has 0 radical (unpaired) electrons. The Labute approximate surface area is 154 Å². The minimum Gasteiger partial charge on any atom is -0.338 e. The number of hydrogen-bond acceptors (Lipinski definition) is 6. The van der Waals surface area contributed by atoms with E-state index in [9.17, 15) is 8.42 Å². The Kier molecular flexibility index (Phi) is 5.74. The van der Waals surface area contributed by atoms with Crippen molar-refractivity contribution in [3.63, 3.8) is 0 Å².